The van der Waals surface area contributed by atoms with Gasteiger partial charge in [0.15, 0.2) is 10.8 Å². The van der Waals surface area contributed by atoms with Crippen molar-refractivity contribution in [2.75, 3.05) is 25.0 Å². The molecular formula is C33H41ClF3N7O6S. The number of rotatable bonds is 12. The molecule has 0 radical (unpaired) electrons. The summed E-state index contributed by atoms with van der Waals surface area (Å²) in [5.41, 5.74) is -3.02. The lowest BCUT2D eigenvalue weighted by Crippen LogP contribution is -2.45. The van der Waals surface area contributed by atoms with Crippen LogP contribution in [0.3, 0.4) is 0 Å². The normalized spacial score (nSPS) is 18.3. The molecule has 13 nitrogen and oxygen atoms in total. The predicted molar refractivity (Wildman–Crippen MR) is 181 cm³/mol. The Morgan fingerprint density at radius 2 is 1.80 bits per heavy atom. The summed E-state index contributed by atoms with van der Waals surface area (Å²) in [4.78, 5) is 35.7. The van der Waals surface area contributed by atoms with Gasteiger partial charge < -0.3 is 19.7 Å². The number of aromatic nitrogens is 4. The minimum atomic E-state index is -4.41. The predicted octanol–water partition coefficient (Wildman–Crippen LogP) is 6.38. The monoisotopic (exact) mass is 755 g/mol. The molecule has 3 aromatic heterocycles. The van der Waals surface area contributed by atoms with Gasteiger partial charge >= 0.3 is 12.3 Å². The maximum Gasteiger partial charge on any atom is 0.410 e. The van der Waals surface area contributed by atoms with Crippen molar-refractivity contribution >= 4 is 39.4 Å². The second-order valence-corrected chi connectivity index (χ2v) is 16.5. The molecule has 2 amide bonds. The average Bonchev–Trinajstić information content (AvgIpc) is 3.57. The fourth-order valence-corrected chi connectivity index (χ4v) is 6.99. The Morgan fingerprint density at radius 1 is 1.08 bits per heavy atom. The highest BCUT2D eigenvalue weighted by Gasteiger charge is 2.64. The summed E-state index contributed by atoms with van der Waals surface area (Å²) >= 11 is 6.23. The highest BCUT2D eigenvalue weighted by molar-refractivity contribution is 7.90. The number of anilines is 1. The van der Waals surface area contributed by atoms with Crippen molar-refractivity contribution in [2.24, 2.45) is 11.3 Å². The number of halogens is 4. The van der Waals surface area contributed by atoms with Gasteiger partial charge in [-0.25, -0.2) is 24.2 Å². The summed E-state index contributed by atoms with van der Waals surface area (Å²) in [6.07, 6.45) is -0.918. The zero-order valence-electron chi connectivity index (χ0n) is 28.9. The Kier molecular flexibility index (Phi) is 10.6. The first-order valence-corrected chi connectivity index (χ1v) is 18.3. The summed E-state index contributed by atoms with van der Waals surface area (Å²) in [6, 6.07) is 8.29. The molecule has 1 aliphatic heterocycles. The zero-order chi connectivity index (χ0) is 37.4. The molecule has 5 rings (SSSR count). The molecule has 0 unspecified atom stereocenters. The number of ether oxygens (including phenoxy) is 2. The fourth-order valence-electron chi connectivity index (χ4n) is 5.82. The minimum Gasteiger partial charge on any atom is -0.476 e. The molecule has 1 atom stereocenters. The van der Waals surface area contributed by atoms with E-state index in [4.69, 9.17) is 21.1 Å². The highest BCUT2D eigenvalue weighted by atomic mass is 35.5. The van der Waals surface area contributed by atoms with Crippen LogP contribution < -0.4 is 14.8 Å². The van der Waals surface area contributed by atoms with Gasteiger partial charge in [0.05, 0.1) is 5.56 Å². The van der Waals surface area contributed by atoms with Crippen molar-refractivity contribution < 1.29 is 40.7 Å². The molecule has 51 heavy (non-hydrogen) atoms. The quantitative estimate of drug-likeness (QED) is 0.157. The van der Waals surface area contributed by atoms with E-state index in [1.807, 2.05) is 39.3 Å². The van der Waals surface area contributed by atoms with Crippen LogP contribution in [0.4, 0.5) is 23.8 Å². The molecule has 1 saturated heterocycles. The van der Waals surface area contributed by atoms with E-state index in [1.54, 1.807) is 11.0 Å². The molecule has 2 aliphatic rings. The van der Waals surface area contributed by atoms with Crippen molar-refractivity contribution in [3.8, 4) is 11.7 Å². The molecule has 3 aromatic rings. The largest absolute Gasteiger partial charge is 0.476 e. The molecular weight excluding hydrogens is 715 g/mol. The van der Waals surface area contributed by atoms with Crippen molar-refractivity contribution in [1.82, 2.24) is 29.4 Å². The number of nitrogens with one attached hydrogen (secondary N) is 2. The van der Waals surface area contributed by atoms with Crippen LogP contribution in [0.5, 0.6) is 5.88 Å². The van der Waals surface area contributed by atoms with Crippen LogP contribution in [-0.2, 0) is 14.8 Å². The van der Waals surface area contributed by atoms with Gasteiger partial charge in [0.1, 0.15) is 28.6 Å². The van der Waals surface area contributed by atoms with Crippen molar-refractivity contribution in [1.29, 1.82) is 0 Å². The van der Waals surface area contributed by atoms with Gasteiger partial charge in [-0.3, -0.25) is 4.79 Å². The molecule has 0 aromatic carbocycles. The molecule has 0 spiro atoms. The Bertz CT molecular complexity index is 1880. The van der Waals surface area contributed by atoms with Crippen molar-refractivity contribution in [2.45, 2.75) is 89.1 Å². The fraction of sp³-hybridized carbons (Fsp3) is 0.545. The highest BCUT2D eigenvalue weighted by Crippen LogP contribution is 2.57. The lowest BCUT2D eigenvalue weighted by Gasteiger charge is -2.33. The SMILES string of the molecule is CC(C)(C)OC(=O)N1C[C@@H](CCCNc2cccc(S(=O)(=O)NC(=O)c3ccc(-n4ccc(OCC5(C(F)(F)F)CC5)n4)nc3Cl)n2)CC1(C)C. The summed E-state index contributed by atoms with van der Waals surface area (Å²) in [5, 5.41) is 6.45. The van der Waals surface area contributed by atoms with E-state index < -0.39 is 44.8 Å². The second-order valence-electron chi connectivity index (χ2n) is 14.5. The topological polar surface area (TPSA) is 158 Å². The number of carbonyl (C=O) groups excluding carboxylic acids is 2. The Morgan fingerprint density at radius 3 is 2.45 bits per heavy atom. The Balaban J connectivity index is 1.13. The van der Waals surface area contributed by atoms with Gasteiger partial charge in [-0.2, -0.15) is 21.6 Å². The van der Waals surface area contributed by atoms with E-state index in [0.29, 0.717) is 18.9 Å². The summed E-state index contributed by atoms with van der Waals surface area (Å²) in [6.45, 7) is 10.1. The number of likely N-dealkylation sites (tertiary alicyclic amines) is 1. The van der Waals surface area contributed by atoms with Gasteiger partial charge in [0.2, 0.25) is 5.88 Å². The molecule has 1 saturated carbocycles. The van der Waals surface area contributed by atoms with Crippen LogP contribution in [0, 0.1) is 11.3 Å². The number of alkyl halides is 3. The Hall–Kier alpha value is -4.12. The van der Waals surface area contributed by atoms with Crippen LogP contribution in [-0.4, -0.2) is 82.1 Å². The number of hydrogen-bond donors (Lipinski definition) is 2. The van der Waals surface area contributed by atoms with Crippen LogP contribution in [0.25, 0.3) is 5.82 Å². The van der Waals surface area contributed by atoms with Gasteiger partial charge in [0.25, 0.3) is 15.9 Å². The average molecular weight is 756 g/mol. The van der Waals surface area contributed by atoms with Gasteiger partial charge in [-0.1, -0.05) is 17.7 Å². The van der Waals surface area contributed by atoms with Gasteiger partial charge in [-0.15, -0.1) is 5.10 Å². The third kappa shape index (κ3) is 9.22. The molecule has 0 bridgehead atoms. The molecule has 1 aliphatic carbocycles. The number of pyridine rings is 2. The van der Waals surface area contributed by atoms with Crippen LogP contribution in [0.15, 0.2) is 47.6 Å². The summed E-state index contributed by atoms with van der Waals surface area (Å²) < 4.78 is 79.7. The standard InChI is InChI=1S/C33H41ClF3N7O6S/c1-30(2,3)50-29(46)43-19-21(18-31(43,4)5)8-7-16-38-23-9-6-10-26(39-23)51(47,48)42-28(45)22-11-12-24(40-27(22)34)44-17-13-25(41-44)49-20-32(14-15-32)33(35,36)37/h6,9-13,17,21H,7-8,14-16,18-20H2,1-5H3,(H,38,39)(H,42,45)/t21-/m0/s1. The smallest absolute Gasteiger partial charge is 0.410 e. The molecule has 278 valence electrons. The first-order chi connectivity index (χ1) is 23.7. The van der Waals surface area contributed by atoms with Crippen LogP contribution >= 0.6 is 11.6 Å². The molecule has 2 fully saturated rings. The minimum absolute atomic E-state index is 0.00866. The van der Waals surface area contributed by atoms with Crippen molar-refractivity contribution in [3.63, 3.8) is 0 Å². The summed E-state index contributed by atoms with van der Waals surface area (Å²) in [5.74, 6) is -0.416. The third-order valence-corrected chi connectivity index (χ3v) is 10.2. The van der Waals surface area contributed by atoms with Crippen molar-refractivity contribution in [3.05, 3.63) is 53.3 Å². The molecule has 18 heteroatoms. The number of carbonyl (C=O) groups is 2. The number of nitrogens with zero attached hydrogens (tertiary/aromatic N) is 5. The third-order valence-electron chi connectivity index (χ3n) is 8.72. The lowest BCUT2D eigenvalue weighted by molar-refractivity contribution is -0.194. The maximum absolute atomic E-state index is 13.2. The van der Waals surface area contributed by atoms with E-state index in [1.165, 1.54) is 41.2 Å². The van der Waals surface area contributed by atoms with E-state index in [9.17, 15) is 31.2 Å². The number of hydrogen-bond acceptors (Lipinski definition) is 10. The van der Waals surface area contributed by atoms with Crippen LogP contribution in [0.2, 0.25) is 5.15 Å². The van der Waals surface area contributed by atoms with Gasteiger partial charge in [0, 0.05) is 30.9 Å². The van der Waals surface area contributed by atoms with Crippen LogP contribution in [0.1, 0.15) is 77.1 Å². The second kappa shape index (κ2) is 14.1. The number of sulfonamides is 1. The first kappa shape index (κ1) is 38.1. The molecule has 4 heterocycles. The maximum atomic E-state index is 13.2. The van der Waals surface area contributed by atoms with E-state index >= 15 is 0 Å². The van der Waals surface area contributed by atoms with Gasteiger partial charge in [-0.05, 0) is 96.9 Å². The van der Waals surface area contributed by atoms with E-state index in [0.717, 1.165) is 19.3 Å². The first-order valence-electron chi connectivity index (χ1n) is 16.4. The Labute approximate surface area is 299 Å². The zero-order valence-corrected chi connectivity index (χ0v) is 30.5. The lowest BCUT2D eigenvalue weighted by atomic mass is 9.93. The van der Waals surface area contributed by atoms with E-state index in [-0.39, 0.29) is 52.8 Å². The summed E-state index contributed by atoms with van der Waals surface area (Å²) in [7, 11) is -4.41. The van der Waals surface area contributed by atoms with E-state index in [2.05, 4.69) is 20.4 Å². The molecule has 2 N–H and O–H groups in total. The number of amides is 2.